The largest absolute Gasteiger partial charge is 0.381 e. The highest BCUT2D eigenvalue weighted by Gasteiger charge is 2.37. The molecule has 1 N–H and O–H groups in total. The number of aromatic nitrogens is 2. The molecule has 1 aromatic heterocycles. The lowest BCUT2D eigenvalue weighted by Crippen LogP contribution is -2.38. The third-order valence-electron chi connectivity index (χ3n) is 3.47. The Morgan fingerprint density at radius 3 is 2.79 bits per heavy atom. The molecule has 1 aliphatic heterocycles. The molecule has 2 heterocycles. The Bertz CT molecular complexity index is 461. The van der Waals surface area contributed by atoms with Crippen LogP contribution in [0.4, 0.5) is 0 Å². The van der Waals surface area contributed by atoms with Crippen LogP contribution in [0.1, 0.15) is 44.6 Å². The number of ether oxygens (including phenoxy) is 2. The minimum atomic E-state index is -0.357. The molecule has 0 bridgehead atoms. The van der Waals surface area contributed by atoms with Crippen LogP contribution in [-0.4, -0.2) is 29.8 Å². The van der Waals surface area contributed by atoms with Crippen LogP contribution in [0.15, 0.2) is 6.07 Å². The maximum Gasteiger partial charge on any atom is 0.140 e. The fraction of sp³-hybridized carbons (Fsp3) is 0.714. The van der Waals surface area contributed by atoms with Gasteiger partial charge < -0.3 is 14.5 Å². The van der Waals surface area contributed by atoms with Gasteiger partial charge in [0.1, 0.15) is 16.1 Å². The molecule has 0 radical (unpaired) electrons. The van der Waals surface area contributed by atoms with Crippen molar-refractivity contribution >= 4 is 12.2 Å². The van der Waals surface area contributed by atoms with Crippen molar-refractivity contribution in [1.82, 2.24) is 9.97 Å². The standard InChI is InChI=1S/C14H22N2O2S/c1-3-5-11-10-12(19)16-13(15-11)14(18-4-2)6-8-17-9-7-14/h10H,3-9H2,1-2H3,(H,15,16,19). The summed E-state index contributed by atoms with van der Waals surface area (Å²) in [4.78, 5) is 7.93. The number of H-pyrrole nitrogens is 1. The van der Waals surface area contributed by atoms with Crippen molar-refractivity contribution < 1.29 is 9.47 Å². The van der Waals surface area contributed by atoms with Crippen LogP contribution in [0.3, 0.4) is 0 Å². The lowest BCUT2D eigenvalue weighted by atomic mass is 9.92. The monoisotopic (exact) mass is 282 g/mol. The summed E-state index contributed by atoms with van der Waals surface area (Å²) in [5.41, 5.74) is 0.785. The molecular weight excluding hydrogens is 260 g/mol. The van der Waals surface area contributed by atoms with Crippen LogP contribution in [0.5, 0.6) is 0 Å². The smallest absolute Gasteiger partial charge is 0.140 e. The van der Waals surface area contributed by atoms with E-state index in [9.17, 15) is 0 Å². The van der Waals surface area contributed by atoms with Gasteiger partial charge in [-0.2, -0.15) is 0 Å². The van der Waals surface area contributed by atoms with Crippen LogP contribution < -0.4 is 0 Å². The fourth-order valence-electron chi connectivity index (χ4n) is 2.55. The van der Waals surface area contributed by atoms with Crippen molar-refractivity contribution in [3.8, 4) is 0 Å². The summed E-state index contributed by atoms with van der Waals surface area (Å²) in [6.45, 7) is 6.26. The van der Waals surface area contributed by atoms with E-state index in [1.165, 1.54) is 0 Å². The molecule has 0 aromatic carbocycles. The first-order chi connectivity index (χ1) is 9.20. The van der Waals surface area contributed by atoms with Gasteiger partial charge in [-0.3, -0.25) is 0 Å². The fourth-order valence-corrected chi connectivity index (χ4v) is 2.79. The number of nitrogens with one attached hydrogen (secondary N) is 1. The van der Waals surface area contributed by atoms with E-state index in [2.05, 4.69) is 16.9 Å². The van der Waals surface area contributed by atoms with Crippen molar-refractivity contribution in [3.63, 3.8) is 0 Å². The first-order valence-electron chi connectivity index (χ1n) is 7.02. The zero-order valence-corrected chi connectivity index (χ0v) is 12.5. The second-order valence-electron chi connectivity index (χ2n) is 4.88. The highest BCUT2D eigenvalue weighted by atomic mass is 32.1. The van der Waals surface area contributed by atoms with Gasteiger partial charge in [0.05, 0.1) is 0 Å². The highest BCUT2D eigenvalue weighted by molar-refractivity contribution is 7.71. The van der Waals surface area contributed by atoms with E-state index in [0.29, 0.717) is 24.5 Å². The second-order valence-corrected chi connectivity index (χ2v) is 5.30. The van der Waals surface area contributed by atoms with E-state index in [1.807, 2.05) is 13.0 Å². The summed E-state index contributed by atoms with van der Waals surface area (Å²) in [6, 6.07) is 1.95. The van der Waals surface area contributed by atoms with Gasteiger partial charge >= 0.3 is 0 Å². The third-order valence-corrected chi connectivity index (χ3v) is 3.68. The molecule has 1 aliphatic rings. The Morgan fingerprint density at radius 1 is 1.42 bits per heavy atom. The molecule has 5 heteroatoms. The summed E-state index contributed by atoms with van der Waals surface area (Å²) in [7, 11) is 0. The maximum atomic E-state index is 6.02. The number of aromatic amines is 1. The Balaban J connectivity index is 2.37. The zero-order valence-electron chi connectivity index (χ0n) is 11.7. The van der Waals surface area contributed by atoms with Gasteiger partial charge in [-0.15, -0.1) is 0 Å². The number of aryl methyl sites for hydroxylation is 1. The van der Waals surface area contributed by atoms with Gasteiger partial charge in [-0.25, -0.2) is 4.98 Å². The van der Waals surface area contributed by atoms with Crippen molar-refractivity contribution in [2.45, 2.75) is 45.1 Å². The summed E-state index contributed by atoms with van der Waals surface area (Å²) in [5, 5.41) is 0. The number of hydrogen-bond acceptors (Lipinski definition) is 4. The molecule has 106 valence electrons. The normalized spacial score (nSPS) is 18.4. The van der Waals surface area contributed by atoms with Crippen molar-refractivity contribution in [2.75, 3.05) is 19.8 Å². The summed E-state index contributed by atoms with van der Waals surface area (Å²) in [5.74, 6) is 0.869. The van der Waals surface area contributed by atoms with E-state index >= 15 is 0 Å². The molecule has 0 amide bonds. The molecule has 4 nitrogen and oxygen atoms in total. The molecule has 0 unspecified atom stereocenters. The lowest BCUT2D eigenvalue weighted by molar-refractivity contribution is -0.118. The first kappa shape index (κ1) is 14.6. The van der Waals surface area contributed by atoms with Crippen molar-refractivity contribution in [1.29, 1.82) is 0 Å². The first-order valence-corrected chi connectivity index (χ1v) is 7.43. The molecular formula is C14H22N2O2S. The van der Waals surface area contributed by atoms with Gasteiger partial charge in [0.15, 0.2) is 0 Å². The summed E-state index contributed by atoms with van der Waals surface area (Å²) < 4.78 is 12.1. The quantitative estimate of drug-likeness (QED) is 0.843. The molecule has 2 rings (SSSR count). The van der Waals surface area contributed by atoms with Crippen LogP contribution in [0, 0.1) is 4.64 Å². The van der Waals surface area contributed by atoms with Crippen LogP contribution in [0.25, 0.3) is 0 Å². The number of nitrogens with zero attached hydrogens (tertiary/aromatic N) is 1. The van der Waals surface area contributed by atoms with Crippen LogP contribution >= 0.6 is 12.2 Å². The van der Waals surface area contributed by atoms with Gasteiger partial charge in [-0.1, -0.05) is 25.6 Å². The average molecular weight is 282 g/mol. The van der Waals surface area contributed by atoms with Crippen molar-refractivity contribution in [2.24, 2.45) is 0 Å². The Morgan fingerprint density at radius 2 is 2.16 bits per heavy atom. The number of rotatable bonds is 5. The van der Waals surface area contributed by atoms with E-state index < -0.39 is 0 Å². The molecule has 0 aliphatic carbocycles. The minimum Gasteiger partial charge on any atom is -0.381 e. The predicted octanol–water partition coefficient (Wildman–Crippen LogP) is 3.13. The van der Waals surface area contributed by atoms with Gasteiger partial charge in [0, 0.05) is 38.4 Å². The molecule has 0 atom stereocenters. The molecule has 0 saturated carbocycles. The Kier molecular flexibility index (Phi) is 5.07. The molecule has 19 heavy (non-hydrogen) atoms. The van der Waals surface area contributed by atoms with E-state index in [0.717, 1.165) is 37.2 Å². The molecule has 0 spiro atoms. The van der Waals surface area contributed by atoms with Gasteiger partial charge in [-0.05, 0) is 19.4 Å². The third kappa shape index (κ3) is 3.41. The van der Waals surface area contributed by atoms with Crippen LogP contribution in [-0.2, 0) is 21.5 Å². The second kappa shape index (κ2) is 6.59. The summed E-state index contributed by atoms with van der Waals surface area (Å²) in [6.07, 6.45) is 3.72. The van der Waals surface area contributed by atoms with Crippen LogP contribution in [0.2, 0.25) is 0 Å². The minimum absolute atomic E-state index is 0.357. The van der Waals surface area contributed by atoms with Gasteiger partial charge in [0.25, 0.3) is 0 Å². The zero-order chi connectivity index (χ0) is 13.7. The Hall–Kier alpha value is -0.780. The molecule has 1 aromatic rings. The average Bonchev–Trinajstić information content (AvgIpc) is 2.40. The highest BCUT2D eigenvalue weighted by Crippen LogP contribution is 2.34. The topological polar surface area (TPSA) is 47.1 Å². The maximum absolute atomic E-state index is 6.02. The SMILES string of the molecule is CCCc1cc(=S)nc(C2(OCC)CCOCC2)[nH]1. The van der Waals surface area contributed by atoms with E-state index in [4.69, 9.17) is 21.7 Å². The lowest BCUT2D eigenvalue weighted by Gasteiger charge is -2.36. The number of hydrogen-bond donors (Lipinski definition) is 1. The van der Waals surface area contributed by atoms with Gasteiger partial charge in [0.2, 0.25) is 0 Å². The van der Waals surface area contributed by atoms with Crippen molar-refractivity contribution in [3.05, 3.63) is 22.2 Å². The molecule has 1 fully saturated rings. The van der Waals surface area contributed by atoms with E-state index in [1.54, 1.807) is 0 Å². The summed E-state index contributed by atoms with van der Waals surface area (Å²) >= 11 is 5.29. The Labute approximate surface area is 119 Å². The molecule has 1 saturated heterocycles. The van der Waals surface area contributed by atoms with E-state index in [-0.39, 0.29) is 5.60 Å². The predicted molar refractivity (Wildman–Crippen MR) is 76.8 cm³/mol.